The summed E-state index contributed by atoms with van der Waals surface area (Å²) in [5, 5.41) is 0.913. The smallest absolute Gasteiger partial charge is 0.199 e. The van der Waals surface area contributed by atoms with Crippen LogP contribution in [0.5, 0.6) is 5.75 Å². The van der Waals surface area contributed by atoms with Gasteiger partial charge in [0.25, 0.3) is 0 Å². The van der Waals surface area contributed by atoms with Crippen molar-refractivity contribution in [3.8, 4) is 5.75 Å². The largest absolute Gasteiger partial charge is 0.493 e. The highest BCUT2D eigenvalue weighted by Crippen LogP contribution is 2.16. The monoisotopic (exact) mass is 211 g/mol. The van der Waals surface area contributed by atoms with Gasteiger partial charge in [-0.05, 0) is 25.1 Å². The highest BCUT2D eigenvalue weighted by Gasteiger charge is 2.08. The standard InChI is InChI=1S/C10H11O3S/c1-3-13-9-5-7-10(8-6-9)14(11,12)4-2/h4-5,7-8H,2-3H2,1H3. The molecule has 3 nitrogen and oxygen atoms in total. The summed E-state index contributed by atoms with van der Waals surface area (Å²) < 4.78 is 27.7. The van der Waals surface area contributed by atoms with Gasteiger partial charge in [-0.3, -0.25) is 0 Å². The first-order valence-electron chi connectivity index (χ1n) is 4.12. The molecule has 0 atom stereocenters. The Kier molecular flexibility index (Phi) is 3.30. The average Bonchev–Trinajstić information content (AvgIpc) is 2.19. The summed E-state index contributed by atoms with van der Waals surface area (Å²) in [6.07, 6.45) is 0. The van der Waals surface area contributed by atoms with E-state index in [2.05, 4.69) is 12.6 Å². The summed E-state index contributed by atoms with van der Waals surface area (Å²) in [5.41, 5.74) is 0. The van der Waals surface area contributed by atoms with E-state index in [1.165, 1.54) is 12.1 Å². The van der Waals surface area contributed by atoms with E-state index in [9.17, 15) is 8.42 Å². The molecule has 1 aromatic rings. The molecule has 0 aliphatic heterocycles. The van der Waals surface area contributed by atoms with Crippen molar-refractivity contribution in [2.45, 2.75) is 11.8 Å². The van der Waals surface area contributed by atoms with Crippen LogP contribution in [0.4, 0.5) is 0 Å². The van der Waals surface area contributed by atoms with Crippen LogP contribution in [0.25, 0.3) is 0 Å². The number of rotatable bonds is 4. The molecule has 0 saturated heterocycles. The Morgan fingerprint density at radius 2 is 2.29 bits per heavy atom. The fraction of sp³-hybridized carbons (Fsp3) is 0.200. The Balaban J connectivity index is 3.00. The minimum Gasteiger partial charge on any atom is -0.493 e. The lowest BCUT2D eigenvalue weighted by Gasteiger charge is -2.02. The summed E-state index contributed by atoms with van der Waals surface area (Å²) in [4.78, 5) is 0.177. The zero-order valence-corrected chi connectivity index (χ0v) is 8.67. The Hall–Kier alpha value is -1.29. The van der Waals surface area contributed by atoms with Gasteiger partial charge in [0.05, 0.1) is 11.5 Å². The normalized spacial score (nSPS) is 10.9. The van der Waals surface area contributed by atoms with Gasteiger partial charge in [0.1, 0.15) is 5.75 Å². The van der Waals surface area contributed by atoms with Gasteiger partial charge >= 0.3 is 0 Å². The third-order valence-electron chi connectivity index (χ3n) is 1.60. The fourth-order valence-electron chi connectivity index (χ4n) is 0.915. The number of ether oxygens (including phenoxy) is 1. The van der Waals surface area contributed by atoms with E-state index in [1.807, 2.05) is 6.92 Å². The lowest BCUT2D eigenvalue weighted by atomic mass is 10.3. The molecule has 0 unspecified atom stereocenters. The molecule has 1 rings (SSSR count). The molecule has 75 valence electrons. The van der Waals surface area contributed by atoms with Gasteiger partial charge in [-0.25, -0.2) is 8.42 Å². The minimum absolute atomic E-state index is 0.177. The molecule has 0 amide bonds. The molecule has 14 heavy (non-hydrogen) atoms. The third-order valence-corrected chi connectivity index (χ3v) is 2.95. The number of hydrogen-bond donors (Lipinski definition) is 0. The third kappa shape index (κ3) is 2.35. The zero-order valence-electron chi connectivity index (χ0n) is 7.86. The quantitative estimate of drug-likeness (QED) is 0.762. The molecule has 1 radical (unpaired) electrons. The highest BCUT2D eigenvalue weighted by molar-refractivity contribution is 7.94. The second-order valence-corrected chi connectivity index (χ2v) is 4.43. The van der Waals surface area contributed by atoms with Crippen molar-refractivity contribution >= 4 is 9.84 Å². The van der Waals surface area contributed by atoms with Crippen molar-refractivity contribution in [2.75, 3.05) is 6.61 Å². The molecule has 0 fully saturated rings. The van der Waals surface area contributed by atoms with Crippen molar-refractivity contribution in [2.24, 2.45) is 0 Å². The van der Waals surface area contributed by atoms with E-state index in [1.54, 1.807) is 6.07 Å². The molecular weight excluding hydrogens is 200 g/mol. The zero-order chi connectivity index (χ0) is 10.6. The summed E-state index contributed by atoms with van der Waals surface area (Å²) in [7, 11) is -3.35. The lowest BCUT2D eigenvalue weighted by molar-refractivity contribution is 0.339. The predicted octanol–water partition coefficient (Wildman–Crippen LogP) is 1.80. The summed E-state index contributed by atoms with van der Waals surface area (Å²) >= 11 is 0. The molecule has 0 aliphatic rings. The average molecular weight is 211 g/mol. The first-order chi connectivity index (χ1) is 6.60. The van der Waals surface area contributed by atoms with Crippen LogP contribution < -0.4 is 4.74 Å². The SMILES string of the molecule is C=CS(=O)(=O)c1c[c]c(OCC)cc1. The summed E-state index contributed by atoms with van der Waals surface area (Å²) in [6.45, 7) is 5.62. The maximum Gasteiger partial charge on any atom is 0.199 e. The first-order valence-corrected chi connectivity index (χ1v) is 5.67. The lowest BCUT2D eigenvalue weighted by Crippen LogP contribution is -1.96. The highest BCUT2D eigenvalue weighted by atomic mass is 32.2. The molecule has 4 heteroatoms. The van der Waals surface area contributed by atoms with Gasteiger partial charge in [-0.2, -0.15) is 0 Å². The molecule has 0 spiro atoms. The Labute approximate surface area is 83.9 Å². The Morgan fingerprint density at radius 1 is 1.57 bits per heavy atom. The molecule has 0 saturated carbocycles. The van der Waals surface area contributed by atoms with Gasteiger partial charge in [0.2, 0.25) is 0 Å². The van der Waals surface area contributed by atoms with Crippen molar-refractivity contribution < 1.29 is 13.2 Å². The van der Waals surface area contributed by atoms with Crippen LogP contribution >= 0.6 is 0 Å². The van der Waals surface area contributed by atoms with Crippen LogP contribution in [0.1, 0.15) is 6.92 Å². The van der Waals surface area contributed by atoms with E-state index in [0.29, 0.717) is 12.4 Å². The van der Waals surface area contributed by atoms with E-state index >= 15 is 0 Å². The molecule has 1 aromatic carbocycles. The summed E-state index contributed by atoms with van der Waals surface area (Å²) in [5.74, 6) is 0.538. The van der Waals surface area contributed by atoms with Crippen molar-refractivity contribution in [3.05, 3.63) is 36.3 Å². The second kappa shape index (κ2) is 4.28. The van der Waals surface area contributed by atoms with Crippen LogP contribution in [0.15, 0.2) is 35.1 Å². The van der Waals surface area contributed by atoms with E-state index < -0.39 is 9.84 Å². The molecule has 0 aliphatic carbocycles. The van der Waals surface area contributed by atoms with Crippen LogP contribution in [-0.2, 0) is 9.84 Å². The van der Waals surface area contributed by atoms with Gasteiger partial charge < -0.3 is 4.74 Å². The van der Waals surface area contributed by atoms with Crippen LogP contribution in [0.2, 0.25) is 0 Å². The molecule has 0 aromatic heterocycles. The topological polar surface area (TPSA) is 43.4 Å². The predicted molar refractivity (Wildman–Crippen MR) is 53.8 cm³/mol. The van der Waals surface area contributed by atoms with Gasteiger partial charge in [0, 0.05) is 11.5 Å². The second-order valence-electron chi connectivity index (χ2n) is 2.53. The van der Waals surface area contributed by atoms with E-state index in [4.69, 9.17) is 4.74 Å². The maximum atomic E-state index is 11.3. The van der Waals surface area contributed by atoms with E-state index in [0.717, 1.165) is 5.41 Å². The van der Waals surface area contributed by atoms with Gasteiger partial charge in [0.15, 0.2) is 9.84 Å². The number of hydrogen-bond acceptors (Lipinski definition) is 3. The molecular formula is C10H11O3S. The Morgan fingerprint density at radius 3 is 2.71 bits per heavy atom. The fourth-order valence-corrected chi connectivity index (χ4v) is 1.59. The molecule has 0 bridgehead atoms. The van der Waals surface area contributed by atoms with Gasteiger partial charge in [-0.15, -0.1) is 0 Å². The maximum absolute atomic E-state index is 11.3. The van der Waals surface area contributed by atoms with Crippen molar-refractivity contribution in [3.63, 3.8) is 0 Å². The van der Waals surface area contributed by atoms with Crippen LogP contribution in [0, 0.1) is 6.07 Å². The minimum atomic E-state index is -3.35. The van der Waals surface area contributed by atoms with Crippen molar-refractivity contribution in [1.29, 1.82) is 0 Å². The van der Waals surface area contributed by atoms with Gasteiger partial charge in [-0.1, -0.05) is 6.58 Å². The van der Waals surface area contributed by atoms with Crippen LogP contribution in [-0.4, -0.2) is 15.0 Å². The number of benzene rings is 1. The molecule has 0 N–H and O–H groups in total. The van der Waals surface area contributed by atoms with Crippen LogP contribution in [0.3, 0.4) is 0 Å². The summed E-state index contributed by atoms with van der Waals surface area (Å²) in [6, 6.07) is 7.15. The van der Waals surface area contributed by atoms with Crippen molar-refractivity contribution in [1.82, 2.24) is 0 Å². The Bertz CT molecular complexity index is 403. The molecule has 0 heterocycles. The number of sulfone groups is 1. The first kappa shape index (κ1) is 10.8. The van der Waals surface area contributed by atoms with E-state index in [-0.39, 0.29) is 4.90 Å².